The van der Waals surface area contributed by atoms with E-state index >= 15 is 0 Å². The lowest BCUT2D eigenvalue weighted by Crippen LogP contribution is -2.09. The summed E-state index contributed by atoms with van der Waals surface area (Å²) in [6.45, 7) is 9.06. The van der Waals surface area contributed by atoms with Crippen LogP contribution in [0.25, 0.3) is 0 Å². The smallest absolute Gasteiger partial charge is 0.0154 e. The van der Waals surface area contributed by atoms with Gasteiger partial charge in [-0.3, -0.25) is 0 Å². The van der Waals surface area contributed by atoms with E-state index in [0.717, 1.165) is 13.1 Å². The monoisotopic (exact) mass is 242 g/mol. The van der Waals surface area contributed by atoms with E-state index < -0.39 is 0 Å². The first-order valence-electron chi connectivity index (χ1n) is 4.05. The van der Waals surface area contributed by atoms with Gasteiger partial charge in [-0.25, -0.2) is 0 Å². The summed E-state index contributed by atoms with van der Waals surface area (Å²) >= 11 is 0. The Balaban J connectivity index is -0.0000000625. The molecule has 0 radical (unpaired) electrons. The largest absolute Gasteiger partial charge is 0.306 e. The van der Waals surface area contributed by atoms with Crippen molar-refractivity contribution in [1.82, 2.24) is 9.80 Å². The molecule has 0 aliphatic carbocycles. The molecule has 88 valence electrons. The van der Waals surface area contributed by atoms with Crippen LogP contribution in [0.2, 0.25) is 0 Å². The normalized spacial score (nSPS) is 7.86. The van der Waals surface area contributed by atoms with Crippen LogP contribution in [0.4, 0.5) is 0 Å². The molecule has 0 aliphatic heterocycles. The molecular formula is C10H24Cl2N2. The maximum Gasteiger partial charge on any atom is 0.0154 e. The van der Waals surface area contributed by atoms with Gasteiger partial charge in [0.2, 0.25) is 0 Å². The Bertz CT molecular complexity index is 101. The van der Waals surface area contributed by atoms with E-state index in [1.807, 2.05) is 40.3 Å². The molecule has 0 rings (SSSR count). The zero-order valence-corrected chi connectivity index (χ0v) is 11.3. The first kappa shape index (κ1) is 23.6. The summed E-state index contributed by atoms with van der Waals surface area (Å²) in [6, 6.07) is 0. The molecule has 0 aliphatic rings. The lowest BCUT2D eigenvalue weighted by atomic mass is 10.6. The molecule has 0 saturated carbocycles. The maximum absolute atomic E-state index is 3.56. The number of hydrogen-bond acceptors (Lipinski definition) is 2. The second kappa shape index (κ2) is 18.7. The predicted octanol–water partition coefficient (Wildman–Crippen LogP) is 2.31. The Hall–Kier alpha value is -0.0200. The Labute approximate surface area is 101 Å². The van der Waals surface area contributed by atoms with Crippen LogP contribution < -0.4 is 0 Å². The Morgan fingerprint density at radius 3 is 1.00 bits per heavy atom. The lowest BCUT2D eigenvalue weighted by molar-refractivity contribution is 0.457. The summed E-state index contributed by atoms with van der Waals surface area (Å²) in [4.78, 5) is 4.12. The van der Waals surface area contributed by atoms with Crippen LogP contribution in [0.1, 0.15) is 0 Å². The number of nitrogens with zero attached hydrogens (tertiary/aromatic N) is 2. The second-order valence-corrected chi connectivity index (χ2v) is 3.10. The van der Waals surface area contributed by atoms with Crippen molar-refractivity contribution in [2.24, 2.45) is 0 Å². The summed E-state index contributed by atoms with van der Waals surface area (Å²) in [5, 5.41) is 0. The Morgan fingerprint density at radius 2 is 1.00 bits per heavy atom. The van der Waals surface area contributed by atoms with Crippen molar-refractivity contribution in [3.63, 3.8) is 0 Å². The van der Waals surface area contributed by atoms with Gasteiger partial charge in [0.15, 0.2) is 0 Å². The summed E-state index contributed by atoms with van der Waals surface area (Å²) < 4.78 is 0. The van der Waals surface area contributed by atoms with Crippen molar-refractivity contribution in [3.8, 4) is 0 Å². The predicted molar refractivity (Wildman–Crippen MR) is 72.0 cm³/mol. The standard InChI is InChI=1S/2C5H11N.2ClH/c2*1-4-5-6(2)3;;/h2*4H,1,5H2,2-3H3;2*1H. The van der Waals surface area contributed by atoms with Crippen molar-refractivity contribution in [1.29, 1.82) is 0 Å². The highest BCUT2D eigenvalue weighted by Gasteiger charge is 1.76. The number of rotatable bonds is 4. The van der Waals surface area contributed by atoms with E-state index in [4.69, 9.17) is 0 Å². The van der Waals surface area contributed by atoms with Crippen LogP contribution >= 0.6 is 24.8 Å². The minimum absolute atomic E-state index is 0. The van der Waals surface area contributed by atoms with E-state index in [0.29, 0.717) is 0 Å². The zero-order valence-electron chi connectivity index (χ0n) is 9.69. The first-order valence-corrected chi connectivity index (χ1v) is 4.05. The minimum atomic E-state index is 0. The SMILES string of the molecule is C=CCN(C)C.C=CCN(C)C.Cl.Cl. The van der Waals surface area contributed by atoms with Crippen LogP contribution in [0, 0.1) is 0 Å². The molecular weight excluding hydrogens is 219 g/mol. The summed E-state index contributed by atoms with van der Waals surface area (Å²) in [7, 11) is 8.06. The van der Waals surface area contributed by atoms with Crippen LogP contribution in [0.15, 0.2) is 25.3 Å². The van der Waals surface area contributed by atoms with Gasteiger partial charge in [-0.15, -0.1) is 38.0 Å². The topological polar surface area (TPSA) is 6.48 Å². The van der Waals surface area contributed by atoms with Crippen molar-refractivity contribution in [2.45, 2.75) is 0 Å². The molecule has 0 spiro atoms. The van der Waals surface area contributed by atoms with E-state index in [2.05, 4.69) is 23.0 Å². The molecule has 0 fully saturated rings. The molecule has 0 amide bonds. The molecule has 0 saturated heterocycles. The van der Waals surface area contributed by atoms with E-state index in [1.165, 1.54) is 0 Å². The molecule has 4 heteroatoms. The van der Waals surface area contributed by atoms with E-state index in [1.54, 1.807) is 0 Å². The third kappa shape index (κ3) is 40.4. The quantitative estimate of drug-likeness (QED) is 0.699. The van der Waals surface area contributed by atoms with Gasteiger partial charge < -0.3 is 9.80 Å². The van der Waals surface area contributed by atoms with Gasteiger partial charge in [0.25, 0.3) is 0 Å². The fourth-order valence-corrected chi connectivity index (χ4v) is 0.516. The van der Waals surface area contributed by atoms with Crippen molar-refractivity contribution < 1.29 is 0 Å². The minimum Gasteiger partial charge on any atom is -0.306 e. The van der Waals surface area contributed by atoms with E-state index in [9.17, 15) is 0 Å². The van der Waals surface area contributed by atoms with Crippen molar-refractivity contribution in [3.05, 3.63) is 25.3 Å². The number of halogens is 2. The second-order valence-electron chi connectivity index (χ2n) is 3.10. The van der Waals surface area contributed by atoms with Crippen LogP contribution in [-0.2, 0) is 0 Å². The van der Waals surface area contributed by atoms with E-state index in [-0.39, 0.29) is 24.8 Å². The van der Waals surface area contributed by atoms with Crippen molar-refractivity contribution in [2.75, 3.05) is 41.3 Å². The van der Waals surface area contributed by atoms with Gasteiger partial charge in [0, 0.05) is 13.1 Å². The van der Waals surface area contributed by atoms with Gasteiger partial charge >= 0.3 is 0 Å². The van der Waals surface area contributed by atoms with Crippen molar-refractivity contribution >= 4 is 24.8 Å². The number of hydrogen-bond donors (Lipinski definition) is 0. The lowest BCUT2D eigenvalue weighted by Gasteiger charge is -2.01. The third-order valence-corrected chi connectivity index (χ3v) is 0.988. The highest BCUT2D eigenvalue weighted by Crippen LogP contribution is 1.69. The fraction of sp³-hybridized carbons (Fsp3) is 0.600. The van der Waals surface area contributed by atoms with Gasteiger partial charge in [-0.05, 0) is 28.2 Å². The molecule has 0 unspecified atom stereocenters. The average molecular weight is 243 g/mol. The van der Waals surface area contributed by atoms with Gasteiger partial charge in [-0.2, -0.15) is 0 Å². The van der Waals surface area contributed by atoms with Crippen LogP contribution in [0.5, 0.6) is 0 Å². The summed E-state index contributed by atoms with van der Waals surface area (Å²) in [5.41, 5.74) is 0. The first-order chi connectivity index (χ1) is 5.54. The third-order valence-electron chi connectivity index (χ3n) is 0.988. The van der Waals surface area contributed by atoms with Gasteiger partial charge in [0.1, 0.15) is 0 Å². The molecule has 0 bridgehead atoms. The molecule has 0 aromatic heterocycles. The van der Waals surface area contributed by atoms with Gasteiger partial charge in [-0.1, -0.05) is 12.2 Å². The highest BCUT2D eigenvalue weighted by molar-refractivity contribution is 5.85. The molecule has 14 heavy (non-hydrogen) atoms. The summed E-state index contributed by atoms with van der Waals surface area (Å²) in [6.07, 6.45) is 3.75. The van der Waals surface area contributed by atoms with Crippen LogP contribution in [-0.4, -0.2) is 51.1 Å². The molecule has 0 N–H and O–H groups in total. The number of likely N-dealkylation sites (N-methyl/N-ethyl adjacent to an activating group) is 2. The molecule has 0 heterocycles. The Morgan fingerprint density at radius 1 is 0.786 bits per heavy atom. The molecule has 0 aromatic carbocycles. The highest BCUT2D eigenvalue weighted by atomic mass is 35.5. The zero-order chi connectivity index (χ0) is 9.98. The summed E-state index contributed by atoms with van der Waals surface area (Å²) in [5.74, 6) is 0. The van der Waals surface area contributed by atoms with Crippen LogP contribution in [0.3, 0.4) is 0 Å². The average Bonchev–Trinajstić information content (AvgIpc) is 1.87. The molecule has 2 nitrogen and oxygen atoms in total. The molecule has 0 aromatic rings. The fourth-order valence-electron chi connectivity index (χ4n) is 0.516. The molecule has 0 atom stereocenters. The maximum atomic E-state index is 3.56. The van der Waals surface area contributed by atoms with Gasteiger partial charge in [0.05, 0.1) is 0 Å². The Kier molecular flexibility index (Phi) is 31.6.